The van der Waals surface area contributed by atoms with Gasteiger partial charge in [0.25, 0.3) is 0 Å². The highest BCUT2D eigenvalue weighted by Gasteiger charge is 2.26. The van der Waals surface area contributed by atoms with Gasteiger partial charge in [0.15, 0.2) is 0 Å². The summed E-state index contributed by atoms with van der Waals surface area (Å²) in [5.41, 5.74) is -0.438. The molecule has 0 bridgehead atoms. The van der Waals surface area contributed by atoms with Gasteiger partial charge in [-0.25, -0.2) is 4.79 Å². The second-order valence-electron chi connectivity index (χ2n) is 6.46. The summed E-state index contributed by atoms with van der Waals surface area (Å²) >= 11 is 0. The fraction of sp³-hybridized carbons (Fsp3) is 0.929. The molecule has 0 aromatic heterocycles. The fourth-order valence-electron chi connectivity index (χ4n) is 2.04. The molecule has 0 aromatic carbocycles. The fourth-order valence-corrected chi connectivity index (χ4v) is 2.37. The van der Waals surface area contributed by atoms with Gasteiger partial charge in [-0.1, -0.05) is 0 Å². The van der Waals surface area contributed by atoms with E-state index in [-0.39, 0.29) is 11.3 Å². The first-order chi connectivity index (χ1) is 9.19. The molecule has 1 saturated heterocycles. The predicted molar refractivity (Wildman–Crippen MR) is 82.4 cm³/mol. The first-order valence-electron chi connectivity index (χ1n) is 7.22. The Morgan fingerprint density at radius 3 is 2.40 bits per heavy atom. The molecule has 2 atom stereocenters. The minimum atomic E-state index is -0.787. The highest BCUT2D eigenvalue weighted by molar-refractivity contribution is 7.84. The van der Waals surface area contributed by atoms with Crippen LogP contribution in [0.5, 0.6) is 0 Å². The van der Waals surface area contributed by atoms with Crippen LogP contribution < -0.4 is 5.32 Å². The summed E-state index contributed by atoms with van der Waals surface area (Å²) in [5.74, 6) is 0. The molecule has 20 heavy (non-hydrogen) atoms. The zero-order valence-corrected chi connectivity index (χ0v) is 14.1. The van der Waals surface area contributed by atoms with Crippen LogP contribution in [0.25, 0.3) is 0 Å². The molecule has 1 heterocycles. The Morgan fingerprint density at radius 2 is 1.95 bits per heavy atom. The highest BCUT2D eigenvalue weighted by atomic mass is 32.2. The number of nitrogens with zero attached hydrogens (tertiary/aromatic N) is 1. The van der Waals surface area contributed by atoms with E-state index in [1.807, 2.05) is 27.7 Å². The van der Waals surface area contributed by atoms with Crippen molar-refractivity contribution in [1.82, 2.24) is 10.2 Å². The molecule has 1 aliphatic rings. The zero-order valence-electron chi connectivity index (χ0n) is 13.3. The van der Waals surface area contributed by atoms with E-state index in [4.69, 9.17) is 4.74 Å². The zero-order chi connectivity index (χ0) is 15.3. The summed E-state index contributed by atoms with van der Waals surface area (Å²) in [5, 5.41) is 3.60. The van der Waals surface area contributed by atoms with Gasteiger partial charge in [0.05, 0.1) is 0 Å². The maximum atomic E-state index is 11.9. The van der Waals surface area contributed by atoms with Gasteiger partial charge in [-0.15, -0.1) is 0 Å². The molecule has 1 rings (SSSR count). The van der Waals surface area contributed by atoms with Crippen molar-refractivity contribution in [2.24, 2.45) is 0 Å². The SMILES string of the molecule is CC(CNC1CCN(C(=O)OC(C)(C)C)CC1)S(C)=O. The Morgan fingerprint density at radius 1 is 1.40 bits per heavy atom. The normalized spacial score (nSPS) is 20.6. The molecular weight excluding hydrogens is 276 g/mol. The highest BCUT2D eigenvalue weighted by Crippen LogP contribution is 2.15. The molecule has 6 heteroatoms. The summed E-state index contributed by atoms with van der Waals surface area (Å²) < 4.78 is 16.7. The second-order valence-corrected chi connectivity index (χ2v) is 8.26. The third-order valence-electron chi connectivity index (χ3n) is 3.41. The molecule has 0 aliphatic carbocycles. The maximum Gasteiger partial charge on any atom is 0.410 e. The lowest BCUT2D eigenvalue weighted by Crippen LogP contribution is -2.47. The van der Waals surface area contributed by atoms with Crippen LogP contribution in [0, 0.1) is 0 Å². The van der Waals surface area contributed by atoms with Gasteiger partial charge >= 0.3 is 6.09 Å². The number of likely N-dealkylation sites (tertiary alicyclic amines) is 1. The minimum absolute atomic E-state index is 0.166. The van der Waals surface area contributed by atoms with E-state index < -0.39 is 16.4 Å². The van der Waals surface area contributed by atoms with Crippen molar-refractivity contribution in [2.45, 2.75) is 57.4 Å². The molecule has 5 nitrogen and oxygen atoms in total. The van der Waals surface area contributed by atoms with E-state index in [1.165, 1.54) is 0 Å². The van der Waals surface area contributed by atoms with Gasteiger partial charge in [-0.05, 0) is 40.5 Å². The van der Waals surface area contributed by atoms with E-state index >= 15 is 0 Å². The van der Waals surface area contributed by atoms with Crippen molar-refractivity contribution in [3.63, 3.8) is 0 Å². The summed E-state index contributed by atoms with van der Waals surface area (Å²) in [6, 6.07) is 0.402. The lowest BCUT2D eigenvalue weighted by Gasteiger charge is -2.34. The molecule has 1 fully saturated rings. The van der Waals surface area contributed by atoms with Gasteiger partial charge < -0.3 is 15.0 Å². The third-order valence-corrected chi connectivity index (χ3v) is 4.71. The number of hydrogen-bond acceptors (Lipinski definition) is 4. The Bertz CT molecular complexity index is 347. The van der Waals surface area contributed by atoms with Crippen molar-refractivity contribution in [2.75, 3.05) is 25.9 Å². The van der Waals surface area contributed by atoms with Gasteiger partial charge in [0.1, 0.15) is 5.60 Å². The van der Waals surface area contributed by atoms with Crippen LogP contribution in [0.15, 0.2) is 0 Å². The van der Waals surface area contributed by atoms with Gasteiger partial charge in [-0.3, -0.25) is 4.21 Å². The molecule has 2 unspecified atom stereocenters. The Labute approximate surface area is 124 Å². The van der Waals surface area contributed by atoms with Crippen molar-refractivity contribution < 1.29 is 13.7 Å². The summed E-state index contributed by atoms with van der Waals surface area (Å²) in [7, 11) is -0.787. The smallest absolute Gasteiger partial charge is 0.410 e. The first-order valence-corrected chi connectivity index (χ1v) is 8.84. The van der Waals surface area contributed by atoms with E-state index in [1.54, 1.807) is 11.2 Å². The summed E-state index contributed by atoms with van der Waals surface area (Å²) in [4.78, 5) is 13.7. The van der Waals surface area contributed by atoms with Crippen LogP contribution in [0.3, 0.4) is 0 Å². The molecule has 0 radical (unpaired) electrons. The average Bonchev–Trinajstić information content (AvgIpc) is 2.34. The van der Waals surface area contributed by atoms with Gasteiger partial charge in [-0.2, -0.15) is 0 Å². The van der Waals surface area contributed by atoms with Gasteiger partial charge in [0.2, 0.25) is 0 Å². The van der Waals surface area contributed by atoms with E-state index in [2.05, 4.69) is 5.32 Å². The van der Waals surface area contributed by atoms with Crippen LogP contribution in [0.4, 0.5) is 4.79 Å². The number of amides is 1. The largest absolute Gasteiger partial charge is 0.444 e. The Kier molecular flexibility index (Phi) is 6.45. The average molecular weight is 304 g/mol. The molecule has 0 spiro atoms. The molecule has 1 amide bonds. The summed E-state index contributed by atoms with van der Waals surface area (Å²) in [6.07, 6.45) is 3.35. The third kappa shape index (κ3) is 6.22. The predicted octanol–water partition coefficient (Wildman–Crippen LogP) is 1.74. The second kappa shape index (κ2) is 7.41. The van der Waals surface area contributed by atoms with Crippen molar-refractivity contribution in [1.29, 1.82) is 0 Å². The number of piperidine rings is 1. The Hall–Kier alpha value is -0.620. The van der Waals surface area contributed by atoms with Gasteiger partial charge in [0, 0.05) is 48.0 Å². The molecule has 0 saturated carbocycles. The summed E-state index contributed by atoms with van der Waals surface area (Å²) in [6.45, 7) is 9.83. The number of rotatable bonds is 4. The lowest BCUT2D eigenvalue weighted by atomic mass is 10.1. The molecule has 0 aromatic rings. The number of hydrogen-bond donors (Lipinski definition) is 1. The minimum Gasteiger partial charge on any atom is -0.444 e. The number of nitrogens with one attached hydrogen (secondary N) is 1. The standard InChI is InChI=1S/C14H28N2O3S/c1-11(20(5)18)10-15-12-6-8-16(9-7-12)13(17)19-14(2,3)4/h11-12,15H,6-10H2,1-5H3. The molecule has 1 aliphatic heterocycles. The lowest BCUT2D eigenvalue weighted by molar-refractivity contribution is 0.0198. The molecular formula is C14H28N2O3S. The molecule has 1 N–H and O–H groups in total. The number of carbonyl (C=O) groups is 1. The maximum absolute atomic E-state index is 11.9. The first kappa shape index (κ1) is 17.4. The monoisotopic (exact) mass is 304 g/mol. The number of carbonyl (C=O) groups excluding carboxylic acids is 1. The van der Waals surface area contributed by atoms with Crippen LogP contribution in [0.1, 0.15) is 40.5 Å². The van der Waals surface area contributed by atoms with E-state index in [9.17, 15) is 9.00 Å². The van der Waals surface area contributed by atoms with Crippen LogP contribution in [-0.4, -0.2) is 58.0 Å². The van der Waals surface area contributed by atoms with E-state index in [0.717, 1.165) is 32.5 Å². The molecule has 118 valence electrons. The Balaban J connectivity index is 2.29. The van der Waals surface area contributed by atoms with Crippen LogP contribution in [-0.2, 0) is 15.5 Å². The van der Waals surface area contributed by atoms with Crippen molar-refractivity contribution in [3.05, 3.63) is 0 Å². The van der Waals surface area contributed by atoms with Crippen molar-refractivity contribution in [3.8, 4) is 0 Å². The quantitative estimate of drug-likeness (QED) is 0.859. The number of ether oxygens (including phenoxy) is 1. The van der Waals surface area contributed by atoms with Crippen LogP contribution >= 0.6 is 0 Å². The van der Waals surface area contributed by atoms with Crippen LogP contribution in [0.2, 0.25) is 0 Å². The topological polar surface area (TPSA) is 58.6 Å². The van der Waals surface area contributed by atoms with E-state index in [0.29, 0.717) is 6.04 Å². The van der Waals surface area contributed by atoms with Crippen molar-refractivity contribution >= 4 is 16.9 Å².